The highest BCUT2D eigenvalue weighted by Gasteiger charge is 2.42. The number of hydrogen-bond donors (Lipinski definition) is 2. The van der Waals surface area contributed by atoms with Crippen molar-refractivity contribution in [3.05, 3.63) is 12.3 Å². The van der Waals surface area contributed by atoms with Gasteiger partial charge in [0.15, 0.2) is 6.29 Å². The van der Waals surface area contributed by atoms with E-state index >= 15 is 0 Å². The second-order valence-corrected chi connectivity index (χ2v) is 4.82. The fourth-order valence-corrected chi connectivity index (χ4v) is 2.46. The van der Waals surface area contributed by atoms with Gasteiger partial charge in [-0.05, 0) is 12.6 Å². The van der Waals surface area contributed by atoms with Crippen molar-refractivity contribution < 1.29 is 19.4 Å². The van der Waals surface area contributed by atoms with Crippen LogP contribution in [0, 0.1) is 0 Å². The summed E-state index contributed by atoms with van der Waals surface area (Å²) in [5, 5.41) is 12.1. The van der Waals surface area contributed by atoms with Crippen LogP contribution in [-0.2, 0) is 14.3 Å². The molecule has 0 amide bonds. The van der Waals surface area contributed by atoms with Gasteiger partial charge < -0.3 is 24.8 Å². The van der Waals surface area contributed by atoms with Crippen molar-refractivity contribution in [2.24, 2.45) is 0 Å². The number of nitrogens with one attached hydrogen (secondary N) is 1. The summed E-state index contributed by atoms with van der Waals surface area (Å²) in [5.74, 6) is -0.880. The first kappa shape index (κ1) is 15.9. The van der Waals surface area contributed by atoms with E-state index in [2.05, 4.69) is 5.32 Å². The summed E-state index contributed by atoms with van der Waals surface area (Å²) in [6.45, 7) is 0.376. The normalized spacial score (nSPS) is 22.0. The molecule has 7 heteroatoms. The molecule has 0 bridgehead atoms. The van der Waals surface area contributed by atoms with Crippen LogP contribution in [0.2, 0.25) is 0 Å². The highest BCUT2D eigenvalue weighted by atomic mass is 32.1. The van der Waals surface area contributed by atoms with E-state index in [1.165, 1.54) is 14.2 Å². The van der Waals surface area contributed by atoms with Crippen LogP contribution in [0.4, 0.5) is 0 Å². The number of likely N-dealkylation sites (N-methyl/N-ethyl adjacent to an activating group) is 1. The van der Waals surface area contributed by atoms with Gasteiger partial charge in [0, 0.05) is 21.3 Å². The van der Waals surface area contributed by atoms with Crippen LogP contribution >= 0.6 is 12.2 Å². The Morgan fingerprint density at radius 1 is 1.58 bits per heavy atom. The molecule has 1 aliphatic heterocycles. The molecule has 1 rings (SSSR count). The smallest absolute Gasteiger partial charge is 0.306 e. The zero-order valence-electron chi connectivity index (χ0n) is 11.4. The quantitative estimate of drug-likeness (QED) is 0.524. The van der Waals surface area contributed by atoms with Crippen LogP contribution in [0.3, 0.4) is 0 Å². The maximum Gasteiger partial charge on any atom is 0.306 e. The summed E-state index contributed by atoms with van der Waals surface area (Å²) >= 11 is 5.37. The predicted molar refractivity (Wildman–Crippen MR) is 74.9 cm³/mol. The molecular formula is C12H20N2O4S. The average Bonchev–Trinajstić information content (AvgIpc) is 2.72. The van der Waals surface area contributed by atoms with Gasteiger partial charge in [-0.15, -0.1) is 0 Å². The summed E-state index contributed by atoms with van der Waals surface area (Å²) in [6, 6.07) is 0. The zero-order chi connectivity index (χ0) is 14.5. The van der Waals surface area contributed by atoms with Gasteiger partial charge in [0.05, 0.1) is 13.0 Å². The number of carbonyl (C=O) groups is 1. The number of rotatable bonds is 7. The topological polar surface area (TPSA) is 71.0 Å². The highest BCUT2D eigenvalue weighted by Crippen LogP contribution is 2.30. The monoisotopic (exact) mass is 288 g/mol. The highest BCUT2D eigenvalue weighted by molar-refractivity contribution is 7.80. The number of carboxylic acid groups (broad SMARTS) is 1. The summed E-state index contributed by atoms with van der Waals surface area (Å²) in [7, 11) is 4.90. The molecule has 0 fully saturated rings. The number of hydrogen-bond acceptors (Lipinski definition) is 5. The molecule has 1 unspecified atom stereocenters. The molecule has 108 valence electrons. The Labute approximate surface area is 118 Å². The van der Waals surface area contributed by atoms with E-state index in [1.807, 2.05) is 24.2 Å². The number of ether oxygens (including phenoxy) is 2. The van der Waals surface area contributed by atoms with Crippen LogP contribution in [0.25, 0.3) is 0 Å². The first-order valence-electron chi connectivity index (χ1n) is 5.91. The molecule has 0 saturated carbocycles. The number of thiocarbonyl (C=S) groups is 1. The average molecular weight is 288 g/mol. The molecule has 0 saturated heterocycles. The summed E-state index contributed by atoms with van der Waals surface area (Å²) in [5.41, 5.74) is -0.701. The molecule has 0 aromatic heterocycles. The molecule has 0 spiro atoms. The molecule has 0 aromatic carbocycles. The Hall–Kier alpha value is -1.18. The third kappa shape index (κ3) is 3.65. The molecule has 0 aliphatic carbocycles. The van der Waals surface area contributed by atoms with Crippen LogP contribution in [0.1, 0.15) is 12.8 Å². The number of methoxy groups -OCH3 is 2. The molecule has 0 aromatic rings. The first-order chi connectivity index (χ1) is 8.96. The van der Waals surface area contributed by atoms with E-state index in [0.29, 0.717) is 18.0 Å². The minimum Gasteiger partial charge on any atom is -0.481 e. The van der Waals surface area contributed by atoms with Gasteiger partial charge in [-0.1, -0.05) is 18.3 Å². The van der Waals surface area contributed by atoms with Crippen LogP contribution in [0.15, 0.2) is 12.3 Å². The Balaban J connectivity index is 2.71. The maximum atomic E-state index is 11.1. The van der Waals surface area contributed by atoms with E-state index in [1.54, 1.807) is 0 Å². The molecule has 0 radical (unpaired) electrons. The third-order valence-electron chi connectivity index (χ3n) is 3.28. The number of nitrogens with zero attached hydrogens (tertiary/aromatic N) is 1. The van der Waals surface area contributed by atoms with Crippen molar-refractivity contribution in [1.29, 1.82) is 0 Å². The third-order valence-corrected chi connectivity index (χ3v) is 3.81. The molecule has 19 heavy (non-hydrogen) atoms. The number of aliphatic carboxylic acids is 1. The zero-order valence-corrected chi connectivity index (χ0v) is 12.2. The fourth-order valence-electron chi connectivity index (χ4n) is 2.08. The second kappa shape index (κ2) is 6.83. The van der Waals surface area contributed by atoms with Crippen molar-refractivity contribution in [2.45, 2.75) is 24.7 Å². The van der Waals surface area contributed by atoms with Crippen molar-refractivity contribution in [3.63, 3.8) is 0 Å². The van der Waals surface area contributed by atoms with E-state index in [4.69, 9.17) is 26.8 Å². The summed E-state index contributed by atoms with van der Waals surface area (Å²) < 4.78 is 10.1. The molecular weight excluding hydrogens is 268 g/mol. The molecule has 2 N–H and O–H groups in total. The van der Waals surface area contributed by atoms with Gasteiger partial charge in [-0.2, -0.15) is 0 Å². The minimum atomic E-state index is -0.880. The lowest BCUT2D eigenvalue weighted by molar-refractivity contribution is -0.138. The van der Waals surface area contributed by atoms with Gasteiger partial charge in [-0.25, -0.2) is 0 Å². The summed E-state index contributed by atoms with van der Waals surface area (Å²) in [6.07, 6.45) is 3.88. The van der Waals surface area contributed by atoms with Crippen molar-refractivity contribution >= 4 is 23.2 Å². The van der Waals surface area contributed by atoms with Crippen molar-refractivity contribution in [2.75, 3.05) is 27.8 Å². The molecule has 6 nitrogen and oxygen atoms in total. The number of carboxylic acids is 1. The van der Waals surface area contributed by atoms with E-state index in [9.17, 15) is 4.79 Å². The Morgan fingerprint density at radius 2 is 2.21 bits per heavy atom. The van der Waals surface area contributed by atoms with E-state index in [-0.39, 0.29) is 6.42 Å². The van der Waals surface area contributed by atoms with Crippen molar-refractivity contribution in [3.8, 4) is 0 Å². The second-order valence-electron chi connectivity index (χ2n) is 4.41. The van der Waals surface area contributed by atoms with Crippen LogP contribution < -0.4 is 5.32 Å². The predicted octanol–water partition coefficient (Wildman–Crippen LogP) is 0.585. The van der Waals surface area contributed by atoms with Gasteiger partial charge in [0.25, 0.3) is 0 Å². The lowest BCUT2D eigenvalue weighted by Gasteiger charge is -2.37. The van der Waals surface area contributed by atoms with Crippen molar-refractivity contribution in [1.82, 2.24) is 10.2 Å². The van der Waals surface area contributed by atoms with Gasteiger partial charge in [0.2, 0.25) is 0 Å². The maximum absolute atomic E-state index is 11.1. The standard InChI is InChI=1S/C12H20N2O4S/c1-14-6-4-5-12(14,7-9(15)16)11(19)13-8-10(17-2)18-3/h4,6,10H,5,7-8H2,1-3H3,(H,13,19)(H,15,16). The lowest BCUT2D eigenvalue weighted by atomic mass is 9.91. The molecule has 1 heterocycles. The van der Waals surface area contributed by atoms with E-state index in [0.717, 1.165) is 0 Å². The van der Waals surface area contributed by atoms with E-state index < -0.39 is 17.8 Å². The molecule has 1 aliphatic rings. The van der Waals surface area contributed by atoms with Crippen LogP contribution in [-0.4, -0.2) is 60.6 Å². The van der Waals surface area contributed by atoms with Gasteiger partial charge in [0.1, 0.15) is 10.5 Å². The summed E-state index contributed by atoms with van der Waals surface area (Å²) in [4.78, 5) is 13.4. The fraction of sp³-hybridized carbons (Fsp3) is 0.667. The first-order valence-corrected chi connectivity index (χ1v) is 6.32. The largest absolute Gasteiger partial charge is 0.481 e. The van der Waals surface area contributed by atoms with Crippen LogP contribution in [0.5, 0.6) is 0 Å². The Morgan fingerprint density at radius 3 is 2.63 bits per heavy atom. The van der Waals surface area contributed by atoms with Gasteiger partial charge >= 0.3 is 5.97 Å². The Bertz CT molecular complexity index is 371. The minimum absolute atomic E-state index is 0.0486. The Kier molecular flexibility index (Phi) is 5.71. The van der Waals surface area contributed by atoms with Gasteiger partial charge in [-0.3, -0.25) is 4.79 Å². The lowest BCUT2D eigenvalue weighted by Crippen LogP contribution is -2.55. The SMILES string of the molecule is COC(CNC(=S)C1(CC(=O)O)CC=CN1C)OC. The molecule has 1 atom stereocenters.